The molecule has 0 saturated carbocycles. The van der Waals surface area contributed by atoms with E-state index in [1.54, 1.807) is 25.3 Å². The zero-order chi connectivity index (χ0) is 15.0. The Labute approximate surface area is 129 Å². The Morgan fingerprint density at radius 2 is 2.14 bits per heavy atom. The predicted octanol–water partition coefficient (Wildman–Crippen LogP) is 3.10. The summed E-state index contributed by atoms with van der Waals surface area (Å²) in [5, 5.41) is 0. The summed E-state index contributed by atoms with van der Waals surface area (Å²) in [6.07, 6.45) is 0. The van der Waals surface area contributed by atoms with E-state index in [1.807, 2.05) is 18.2 Å². The number of nitrogens with one attached hydrogen (secondary N) is 1. The van der Waals surface area contributed by atoms with Crippen LogP contribution in [0.25, 0.3) is 22.4 Å². The number of primary amides is 1. The number of amides is 1. The lowest BCUT2D eigenvalue weighted by Gasteiger charge is -1.99. The molecule has 0 fully saturated rings. The SMILES string of the molecule is COc1cc(Br)c2nc(-c3cccc(C(N)=O)c3)[nH]c2c1. The van der Waals surface area contributed by atoms with E-state index in [0.717, 1.165) is 26.8 Å². The molecule has 21 heavy (non-hydrogen) atoms. The van der Waals surface area contributed by atoms with Crippen molar-refractivity contribution in [2.45, 2.75) is 0 Å². The zero-order valence-electron chi connectivity index (χ0n) is 11.2. The minimum atomic E-state index is -0.462. The number of carbonyl (C=O) groups excluding carboxylic acids is 1. The van der Waals surface area contributed by atoms with Crippen molar-refractivity contribution < 1.29 is 9.53 Å². The van der Waals surface area contributed by atoms with Gasteiger partial charge in [0, 0.05) is 21.7 Å². The second kappa shape index (κ2) is 5.21. The van der Waals surface area contributed by atoms with Gasteiger partial charge in [-0.3, -0.25) is 4.79 Å². The first-order valence-electron chi connectivity index (χ1n) is 6.22. The molecule has 1 aromatic heterocycles. The van der Waals surface area contributed by atoms with Crippen molar-refractivity contribution in [1.82, 2.24) is 9.97 Å². The number of imidazole rings is 1. The standard InChI is InChI=1S/C15H12BrN3O2/c1-21-10-6-11(16)13-12(7-10)18-15(19-13)9-4-2-3-8(5-9)14(17)20/h2-7H,1H3,(H2,17,20)(H,18,19). The molecule has 0 unspecified atom stereocenters. The summed E-state index contributed by atoms with van der Waals surface area (Å²) < 4.78 is 6.07. The van der Waals surface area contributed by atoms with Gasteiger partial charge in [-0.05, 0) is 34.1 Å². The molecule has 1 amide bonds. The molecule has 0 aliphatic rings. The number of benzene rings is 2. The van der Waals surface area contributed by atoms with E-state index >= 15 is 0 Å². The van der Waals surface area contributed by atoms with Gasteiger partial charge in [0.05, 0.1) is 12.6 Å². The first-order chi connectivity index (χ1) is 10.1. The van der Waals surface area contributed by atoms with E-state index in [4.69, 9.17) is 10.5 Å². The molecule has 0 spiro atoms. The molecule has 0 bridgehead atoms. The summed E-state index contributed by atoms with van der Waals surface area (Å²) in [4.78, 5) is 19.0. The Morgan fingerprint density at radius 1 is 1.33 bits per heavy atom. The highest BCUT2D eigenvalue weighted by Gasteiger charge is 2.11. The Kier molecular flexibility index (Phi) is 3.39. The second-order valence-corrected chi connectivity index (χ2v) is 5.39. The number of ether oxygens (including phenoxy) is 1. The van der Waals surface area contributed by atoms with Gasteiger partial charge in [-0.25, -0.2) is 4.98 Å². The van der Waals surface area contributed by atoms with Crippen molar-refractivity contribution in [3.8, 4) is 17.1 Å². The van der Waals surface area contributed by atoms with Crippen LogP contribution in [0.2, 0.25) is 0 Å². The molecule has 6 heteroatoms. The number of aromatic amines is 1. The van der Waals surface area contributed by atoms with Crippen LogP contribution < -0.4 is 10.5 Å². The van der Waals surface area contributed by atoms with Gasteiger partial charge in [-0.15, -0.1) is 0 Å². The van der Waals surface area contributed by atoms with Gasteiger partial charge in [0.1, 0.15) is 17.1 Å². The highest BCUT2D eigenvalue weighted by molar-refractivity contribution is 9.10. The maximum Gasteiger partial charge on any atom is 0.248 e. The molecular weight excluding hydrogens is 334 g/mol. The molecular formula is C15H12BrN3O2. The van der Waals surface area contributed by atoms with Crippen LogP contribution in [-0.2, 0) is 0 Å². The molecule has 0 saturated heterocycles. The van der Waals surface area contributed by atoms with E-state index < -0.39 is 5.91 Å². The van der Waals surface area contributed by atoms with Crippen LogP contribution in [0.15, 0.2) is 40.9 Å². The van der Waals surface area contributed by atoms with Gasteiger partial charge in [-0.2, -0.15) is 0 Å². The quantitative estimate of drug-likeness (QED) is 0.765. The summed E-state index contributed by atoms with van der Waals surface area (Å²) in [6.45, 7) is 0. The van der Waals surface area contributed by atoms with Gasteiger partial charge in [0.15, 0.2) is 0 Å². The fraction of sp³-hybridized carbons (Fsp3) is 0.0667. The van der Waals surface area contributed by atoms with Crippen molar-refractivity contribution in [3.05, 3.63) is 46.4 Å². The number of nitrogens with two attached hydrogens (primary N) is 1. The fourth-order valence-electron chi connectivity index (χ4n) is 2.12. The number of halogens is 1. The summed E-state index contributed by atoms with van der Waals surface area (Å²) in [5.74, 6) is 0.938. The summed E-state index contributed by atoms with van der Waals surface area (Å²) in [5.41, 5.74) is 8.20. The number of rotatable bonds is 3. The van der Waals surface area contributed by atoms with Crippen LogP contribution in [0.4, 0.5) is 0 Å². The molecule has 3 N–H and O–H groups in total. The minimum Gasteiger partial charge on any atom is -0.497 e. The smallest absolute Gasteiger partial charge is 0.248 e. The lowest BCUT2D eigenvalue weighted by molar-refractivity contribution is 0.100. The number of nitrogens with zero attached hydrogens (tertiary/aromatic N) is 1. The van der Waals surface area contributed by atoms with Gasteiger partial charge < -0.3 is 15.5 Å². The number of H-pyrrole nitrogens is 1. The molecule has 3 rings (SSSR count). The topological polar surface area (TPSA) is 81.0 Å². The highest BCUT2D eigenvalue weighted by Crippen LogP contribution is 2.30. The molecule has 0 radical (unpaired) electrons. The summed E-state index contributed by atoms with van der Waals surface area (Å²) in [6, 6.07) is 10.8. The van der Waals surface area contributed by atoms with Crippen LogP contribution in [0.5, 0.6) is 5.75 Å². The minimum absolute atomic E-state index is 0.449. The third-order valence-corrected chi connectivity index (χ3v) is 3.77. The molecule has 0 aliphatic heterocycles. The van der Waals surface area contributed by atoms with Gasteiger partial charge in [0.25, 0.3) is 0 Å². The predicted molar refractivity (Wildman–Crippen MR) is 84.3 cm³/mol. The first-order valence-corrected chi connectivity index (χ1v) is 7.01. The van der Waals surface area contributed by atoms with Crippen molar-refractivity contribution in [1.29, 1.82) is 0 Å². The van der Waals surface area contributed by atoms with Crippen LogP contribution in [0.3, 0.4) is 0 Å². The highest BCUT2D eigenvalue weighted by atomic mass is 79.9. The first kappa shape index (κ1) is 13.6. The fourth-order valence-corrected chi connectivity index (χ4v) is 2.65. The normalized spacial score (nSPS) is 10.8. The van der Waals surface area contributed by atoms with Crippen LogP contribution in [-0.4, -0.2) is 23.0 Å². The monoisotopic (exact) mass is 345 g/mol. The number of aromatic nitrogens is 2. The molecule has 0 aliphatic carbocycles. The molecule has 1 heterocycles. The Morgan fingerprint density at radius 3 is 2.86 bits per heavy atom. The van der Waals surface area contributed by atoms with Crippen LogP contribution in [0, 0.1) is 0 Å². The van der Waals surface area contributed by atoms with Gasteiger partial charge in [0.2, 0.25) is 5.91 Å². The Balaban J connectivity index is 2.15. The van der Waals surface area contributed by atoms with E-state index in [-0.39, 0.29) is 0 Å². The van der Waals surface area contributed by atoms with Crippen LogP contribution in [0.1, 0.15) is 10.4 Å². The number of fused-ring (bicyclic) bond motifs is 1. The third-order valence-electron chi connectivity index (χ3n) is 3.17. The van der Waals surface area contributed by atoms with Crippen molar-refractivity contribution in [2.24, 2.45) is 5.73 Å². The van der Waals surface area contributed by atoms with Crippen molar-refractivity contribution in [3.63, 3.8) is 0 Å². The second-order valence-electron chi connectivity index (χ2n) is 4.54. The Hall–Kier alpha value is -2.34. The number of hydrogen-bond acceptors (Lipinski definition) is 3. The lowest BCUT2D eigenvalue weighted by Crippen LogP contribution is -2.10. The van der Waals surface area contributed by atoms with Gasteiger partial charge in [-0.1, -0.05) is 12.1 Å². The maximum absolute atomic E-state index is 11.3. The van der Waals surface area contributed by atoms with Crippen LogP contribution >= 0.6 is 15.9 Å². The lowest BCUT2D eigenvalue weighted by atomic mass is 10.1. The largest absolute Gasteiger partial charge is 0.497 e. The van der Waals surface area contributed by atoms with E-state index in [9.17, 15) is 4.79 Å². The summed E-state index contributed by atoms with van der Waals surface area (Å²) >= 11 is 3.48. The average Bonchev–Trinajstić information content (AvgIpc) is 2.92. The van der Waals surface area contributed by atoms with Gasteiger partial charge >= 0.3 is 0 Å². The van der Waals surface area contributed by atoms with E-state index in [2.05, 4.69) is 25.9 Å². The summed E-state index contributed by atoms with van der Waals surface area (Å²) in [7, 11) is 1.61. The molecule has 0 atom stereocenters. The third kappa shape index (κ3) is 2.50. The average molecular weight is 346 g/mol. The Bertz CT molecular complexity index is 842. The van der Waals surface area contributed by atoms with Crippen molar-refractivity contribution >= 4 is 32.9 Å². The van der Waals surface area contributed by atoms with E-state index in [0.29, 0.717) is 11.4 Å². The molecule has 106 valence electrons. The molecule has 2 aromatic carbocycles. The molecule has 5 nitrogen and oxygen atoms in total. The molecule has 3 aromatic rings. The number of methoxy groups -OCH3 is 1. The zero-order valence-corrected chi connectivity index (χ0v) is 12.8. The maximum atomic E-state index is 11.3. The number of carbonyl (C=O) groups is 1. The van der Waals surface area contributed by atoms with Crippen molar-refractivity contribution in [2.75, 3.05) is 7.11 Å². The van der Waals surface area contributed by atoms with E-state index in [1.165, 1.54) is 0 Å². The number of hydrogen-bond donors (Lipinski definition) is 2.